The van der Waals surface area contributed by atoms with E-state index in [0.29, 0.717) is 11.6 Å². The number of anilines is 1. The fourth-order valence-electron chi connectivity index (χ4n) is 0.712. The quantitative estimate of drug-likeness (QED) is 0.830. The number of methoxy groups -OCH3 is 1. The number of ether oxygens (including phenoxy) is 1. The van der Waals surface area contributed by atoms with E-state index in [0.717, 1.165) is 10.0 Å². The molecule has 0 aliphatic carbocycles. The highest BCUT2D eigenvalue weighted by Gasteiger charge is 2.06. The Balaban J connectivity index is 0.000000671. The molecule has 1 aromatic heterocycles. The van der Waals surface area contributed by atoms with Crippen LogP contribution in [0.3, 0.4) is 0 Å². The fraction of sp³-hybridized carbons (Fsp3) is 0.444. The molecule has 0 aliphatic rings. The second kappa shape index (κ2) is 5.80. The van der Waals surface area contributed by atoms with Gasteiger partial charge >= 0.3 is 0 Å². The Morgan fingerprint density at radius 2 is 2.00 bits per heavy atom. The standard InChI is InChI=1S/C7H9BrN2O.C2H6/c1-4-3-10-7(11-2)5(8)6(4)9;1-2/h3H,1-2H3,(H2,9,10);1-2H3. The molecule has 0 aliphatic heterocycles. The summed E-state index contributed by atoms with van der Waals surface area (Å²) in [7, 11) is 1.56. The topological polar surface area (TPSA) is 48.1 Å². The molecule has 0 bridgehead atoms. The zero-order valence-electron chi connectivity index (χ0n) is 8.39. The van der Waals surface area contributed by atoms with Gasteiger partial charge < -0.3 is 10.5 Å². The van der Waals surface area contributed by atoms with Crippen LogP contribution in [0.2, 0.25) is 0 Å². The maximum Gasteiger partial charge on any atom is 0.229 e. The highest BCUT2D eigenvalue weighted by molar-refractivity contribution is 9.10. The minimum absolute atomic E-state index is 0.521. The van der Waals surface area contributed by atoms with Gasteiger partial charge in [0.25, 0.3) is 0 Å². The van der Waals surface area contributed by atoms with Crippen molar-refractivity contribution < 1.29 is 4.74 Å². The van der Waals surface area contributed by atoms with E-state index >= 15 is 0 Å². The van der Waals surface area contributed by atoms with Crippen LogP contribution < -0.4 is 10.5 Å². The van der Waals surface area contributed by atoms with E-state index < -0.39 is 0 Å². The lowest BCUT2D eigenvalue weighted by Gasteiger charge is -2.05. The summed E-state index contributed by atoms with van der Waals surface area (Å²) in [5, 5.41) is 0. The van der Waals surface area contributed by atoms with Crippen LogP contribution in [0.1, 0.15) is 19.4 Å². The summed E-state index contributed by atoms with van der Waals surface area (Å²) in [4.78, 5) is 4.01. The van der Waals surface area contributed by atoms with Gasteiger partial charge in [-0.2, -0.15) is 0 Å². The van der Waals surface area contributed by atoms with Crippen molar-refractivity contribution in [2.24, 2.45) is 0 Å². The predicted octanol–water partition coefficient (Wildman–Crippen LogP) is 2.77. The summed E-state index contributed by atoms with van der Waals surface area (Å²) >= 11 is 3.28. The van der Waals surface area contributed by atoms with Gasteiger partial charge in [0.05, 0.1) is 12.8 Å². The molecule has 1 aromatic rings. The molecule has 0 saturated heterocycles. The average molecular weight is 247 g/mol. The molecule has 0 unspecified atom stereocenters. The molecule has 0 fully saturated rings. The van der Waals surface area contributed by atoms with E-state index in [1.54, 1.807) is 13.3 Å². The summed E-state index contributed by atoms with van der Waals surface area (Å²) in [6, 6.07) is 0. The van der Waals surface area contributed by atoms with Gasteiger partial charge in [0.2, 0.25) is 5.88 Å². The van der Waals surface area contributed by atoms with Gasteiger partial charge in [0.1, 0.15) is 4.47 Å². The Morgan fingerprint density at radius 3 is 2.46 bits per heavy atom. The number of nitrogen functional groups attached to an aromatic ring is 1. The number of halogens is 1. The average Bonchev–Trinajstić information content (AvgIpc) is 2.18. The van der Waals surface area contributed by atoms with Crippen molar-refractivity contribution in [2.45, 2.75) is 20.8 Å². The molecule has 3 nitrogen and oxygen atoms in total. The normalized spacial score (nSPS) is 8.69. The van der Waals surface area contributed by atoms with Crippen LogP contribution in [0.25, 0.3) is 0 Å². The Labute approximate surface area is 87.4 Å². The van der Waals surface area contributed by atoms with E-state index in [1.807, 2.05) is 20.8 Å². The number of hydrogen-bond donors (Lipinski definition) is 1. The van der Waals surface area contributed by atoms with E-state index in [4.69, 9.17) is 10.5 Å². The van der Waals surface area contributed by atoms with Crippen LogP contribution in [-0.4, -0.2) is 12.1 Å². The third-order valence-corrected chi connectivity index (χ3v) is 2.18. The Bertz CT molecular complexity index is 277. The predicted molar refractivity (Wildman–Crippen MR) is 59.0 cm³/mol. The van der Waals surface area contributed by atoms with E-state index in [9.17, 15) is 0 Å². The number of pyridine rings is 1. The van der Waals surface area contributed by atoms with Crippen LogP contribution in [0.4, 0.5) is 5.69 Å². The SMILES string of the molecule is CC.COc1ncc(C)c(N)c1Br. The first kappa shape index (κ1) is 12.2. The molecule has 0 atom stereocenters. The zero-order valence-corrected chi connectivity index (χ0v) is 9.97. The monoisotopic (exact) mass is 246 g/mol. The maximum atomic E-state index is 5.69. The molecule has 1 heterocycles. The molecule has 1 rings (SSSR count). The summed E-state index contributed by atoms with van der Waals surface area (Å²) in [6.45, 7) is 5.90. The molecule has 4 heteroatoms. The Morgan fingerprint density at radius 1 is 1.46 bits per heavy atom. The Kier molecular flexibility index (Phi) is 5.46. The fourth-order valence-corrected chi connectivity index (χ4v) is 1.29. The van der Waals surface area contributed by atoms with Crippen molar-refractivity contribution in [1.82, 2.24) is 4.98 Å². The second-order valence-corrected chi connectivity index (χ2v) is 2.97. The molecule has 2 N–H and O–H groups in total. The van der Waals surface area contributed by atoms with Crippen LogP contribution in [0.5, 0.6) is 5.88 Å². The van der Waals surface area contributed by atoms with Crippen LogP contribution in [0, 0.1) is 6.92 Å². The van der Waals surface area contributed by atoms with Crippen molar-refractivity contribution in [3.8, 4) is 5.88 Å². The Hall–Kier alpha value is -0.770. The molecule has 0 saturated carbocycles. The molecule has 0 amide bonds. The number of aryl methyl sites for hydroxylation is 1. The van der Waals surface area contributed by atoms with Crippen molar-refractivity contribution in [3.63, 3.8) is 0 Å². The van der Waals surface area contributed by atoms with Crippen molar-refractivity contribution >= 4 is 21.6 Å². The van der Waals surface area contributed by atoms with E-state index in [2.05, 4.69) is 20.9 Å². The van der Waals surface area contributed by atoms with E-state index in [1.165, 1.54) is 0 Å². The molecular formula is C9H15BrN2O. The number of nitrogens with two attached hydrogens (primary N) is 1. The maximum absolute atomic E-state index is 5.69. The first-order valence-electron chi connectivity index (χ1n) is 4.11. The van der Waals surface area contributed by atoms with Crippen LogP contribution in [-0.2, 0) is 0 Å². The second-order valence-electron chi connectivity index (χ2n) is 2.18. The van der Waals surface area contributed by atoms with Crippen LogP contribution >= 0.6 is 15.9 Å². The summed E-state index contributed by atoms with van der Waals surface area (Å²) in [6.07, 6.45) is 1.68. The highest BCUT2D eigenvalue weighted by Crippen LogP contribution is 2.29. The van der Waals surface area contributed by atoms with E-state index in [-0.39, 0.29) is 0 Å². The lowest BCUT2D eigenvalue weighted by atomic mass is 10.3. The van der Waals surface area contributed by atoms with Crippen molar-refractivity contribution in [3.05, 3.63) is 16.2 Å². The summed E-state index contributed by atoms with van der Waals surface area (Å²) in [5.74, 6) is 0.521. The van der Waals surface area contributed by atoms with Gasteiger partial charge in [-0.15, -0.1) is 0 Å². The van der Waals surface area contributed by atoms with Gasteiger partial charge in [-0.3, -0.25) is 0 Å². The van der Waals surface area contributed by atoms with Gasteiger partial charge in [-0.25, -0.2) is 4.98 Å². The van der Waals surface area contributed by atoms with Crippen LogP contribution in [0.15, 0.2) is 10.7 Å². The third kappa shape index (κ3) is 2.88. The lowest BCUT2D eigenvalue weighted by molar-refractivity contribution is 0.395. The van der Waals surface area contributed by atoms with Gasteiger partial charge in [0, 0.05) is 6.20 Å². The van der Waals surface area contributed by atoms with Gasteiger partial charge in [0.15, 0.2) is 0 Å². The minimum Gasteiger partial charge on any atom is -0.480 e. The summed E-state index contributed by atoms with van der Waals surface area (Å²) < 4.78 is 5.67. The lowest BCUT2D eigenvalue weighted by Crippen LogP contribution is -1.96. The number of nitrogens with zero attached hydrogens (tertiary/aromatic N) is 1. The van der Waals surface area contributed by atoms with Gasteiger partial charge in [-0.05, 0) is 28.4 Å². The van der Waals surface area contributed by atoms with Crippen molar-refractivity contribution in [1.29, 1.82) is 0 Å². The largest absolute Gasteiger partial charge is 0.480 e. The molecule has 0 radical (unpaired) electrons. The molecule has 0 aromatic carbocycles. The minimum atomic E-state index is 0.521. The smallest absolute Gasteiger partial charge is 0.229 e. The number of aromatic nitrogens is 1. The zero-order chi connectivity index (χ0) is 10.4. The highest BCUT2D eigenvalue weighted by atomic mass is 79.9. The van der Waals surface area contributed by atoms with Gasteiger partial charge in [-0.1, -0.05) is 13.8 Å². The first-order chi connectivity index (χ1) is 6.16. The molecule has 13 heavy (non-hydrogen) atoms. The molecule has 0 spiro atoms. The summed E-state index contributed by atoms with van der Waals surface area (Å²) in [5.41, 5.74) is 7.31. The first-order valence-corrected chi connectivity index (χ1v) is 4.90. The molecular weight excluding hydrogens is 232 g/mol. The number of hydrogen-bond acceptors (Lipinski definition) is 3. The van der Waals surface area contributed by atoms with Crippen molar-refractivity contribution in [2.75, 3.05) is 12.8 Å². The molecule has 74 valence electrons. The third-order valence-electron chi connectivity index (χ3n) is 1.42. The number of rotatable bonds is 1.